The molecule has 4 heterocycles. The lowest BCUT2D eigenvalue weighted by Crippen LogP contribution is -2.43. The Balaban J connectivity index is 1.29. The number of anilines is 4. The zero-order valence-electron chi connectivity index (χ0n) is 18.7. The van der Waals surface area contributed by atoms with Gasteiger partial charge in [0.15, 0.2) is 0 Å². The highest BCUT2D eigenvalue weighted by Gasteiger charge is 2.33. The third-order valence-electron chi connectivity index (χ3n) is 5.83. The van der Waals surface area contributed by atoms with E-state index >= 15 is 0 Å². The molecule has 11 heteroatoms. The number of aromatic nitrogens is 2. The number of carbonyl (C=O) groups is 2. The fourth-order valence-corrected chi connectivity index (χ4v) is 4.10. The molecule has 0 bridgehead atoms. The van der Waals surface area contributed by atoms with E-state index in [2.05, 4.69) is 25.5 Å². The Bertz CT molecular complexity index is 1190. The molecule has 2 N–H and O–H groups in total. The van der Waals surface area contributed by atoms with Crippen LogP contribution in [-0.4, -0.2) is 68.3 Å². The minimum atomic E-state index is -0.507. The van der Waals surface area contributed by atoms with E-state index in [1.54, 1.807) is 30.5 Å². The van der Waals surface area contributed by atoms with Gasteiger partial charge in [0, 0.05) is 57.2 Å². The smallest absolute Gasteiger partial charge is 0.331 e. The van der Waals surface area contributed by atoms with Crippen molar-refractivity contribution in [2.75, 3.05) is 66.4 Å². The molecular formula is C23H25N7O4. The van der Waals surface area contributed by atoms with E-state index in [-0.39, 0.29) is 17.8 Å². The highest BCUT2D eigenvalue weighted by Crippen LogP contribution is 2.29. The van der Waals surface area contributed by atoms with Gasteiger partial charge < -0.3 is 24.7 Å². The van der Waals surface area contributed by atoms with Crippen molar-refractivity contribution in [2.24, 2.45) is 0 Å². The molecule has 5 rings (SSSR count). The van der Waals surface area contributed by atoms with E-state index in [0.717, 1.165) is 37.6 Å². The summed E-state index contributed by atoms with van der Waals surface area (Å²) in [4.78, 5) is 39.4. The van der Waals surface area contributed by atoms with Crippen molar-refractivity contribution in [3.05, 3.63) is 54.8 Å². The summed E-state index contributed by atoms with van der Waals surface area (Å²) in [6, 6.07) is 8.90. The van der Waals surface area contributed by atoms with Crippen molar-refractivity contribution >= 4 is 34.9 Å². The quantitative estimate of drug-likeness (QED) is 0.572. The van der Waals surface area contributed by atoms with E-state index in [1.165, 1.54) is 11.1 Å². The van der Waals surface area contributed by atoms with Gasteiger partial charge >= 0.3 is 11.9 Å². The van der Waals surface area contributed by atoms with E-state index in [4.69, 9.17) is 9.15 Å². The number of ether oxygens (including phenoxy) is 1. The van der Waals surface area contributed by atoms with Gasteiger partial charge in [-0.05, 0) is 18.2 Å². The van der Waals surface area contributed by atoms with Gasteiger partial charge in [0.05, 0.1) is 30.9 Å². The molecule has 3 amide bonds. The lowest BCUT2D eigenvalue weighted by molar-refractivity contribution is 0.0990. The number of piperazine rings is 1. The summed E-state index contributed by atoms with van der Waals surface area (Å²) < 4.78 is 10.9. The molecule has 2 fully saturated rings. The molecule has 0 saturated carbocycles. The van der Waals surface area contributed by atoms with Crippen LogP contribution < -0.4 is 30.1 Å². The second kappa shape index (κ2) is 9.40. The number of urea groups is 1. The van der Waals surface area contributed by atoms with Gasteiger partial charge in [-0.2, -0.15) is 0 Å². The molecule has 0 unspecified atom stereocenters. The van der Waals surface area contributed by atoms with Crippen LogP contribution in [0.5, 0.6) is 5.75 Å². The summed E-state index contributed by atoms with van der Waals surface area (Å²) in [5, 5.41) is 6.15. The molecule has 0 aliphatic carbocycles. The van der Waals surface area contributed by atoms with Gasteiger partial charge in [-0.3, -0.25) is 19.6 Å². The molecule has 2 aromatic heterocycles. The van der Waals surface area contributed by atoms with Crippen molar-refractivity contribution in [2.45, 2.75) is 0 Å². The predicted molar refractivity (Wildman–Crippen MR) is 127 cm³/mol. The summed E-state index contributed by atoms with van der Waals surface area (Å²) in [5.74, 6) is 0.247. The number of hydrogen-bond acceptors (Lipinski definition) is 8. The van der Waals surface area contributed by atoms with Gasteiger partial charge in [0.1, 0.15) is 5.75 Å². The van der Waals surface area contributed by atoms with Gasteiger partial charge in [-0.25, -0.2) is 9.78 Å². The summed E-state index contributed by atoms with van der Waals surface area (Å²) in [6.45, 7) is 4.28. The van der Waals surface area contributed by atoms with Gasteiger partial charge in [-0.1, -0.05) is 6.07 Å². The first-order chi connectivity index (χ1) is 16.6. The molecule has 2 aliphatic rings. The highest BCUT2D eigenvalue weighted by atomic mass is 16.5. The van der Waals surface area contributed by atoms with Crippen molar-refractivity contribution in [1.29, 1.82) is 0 Å². The van der Waals surface area contributed by atoms with Gasteiger partial charge in [0.2, 0.25) is 5.88 Å². The van der Waals surface area contributed by atoms with E-state index < -0.39 is 5.91 Å². The van der Waals surface area contributed by atoms with Crippen LogP contribution in [0.3, 0.4) is 0 Å². The Hall–Kier alpha value is -4.12. The van der Waals surface area contributed by atoms with E-state index in [9.17, 15) is 9.59 Å². The van der Waals surface area contributed by atoms with Crippen LogP contribution in [0.1, 0.15) is 10.7 Å². The number of nitrogens with one attached hydrogen (secondary N) is 2. The molecule has 0 radical (unpaired) electrons. The third-order valence-corrected chi connectivity index (χ3v) is 5.83. The lowest BCUT2D eigenvalue weighted by atomic mass is 10.2. The Morgan fingerprint density at radius 3 is 2.76 bits per heavy atom. The largest absolute Gasteiger partial charge is 0.497 e. The van der Waals surface area contributed by atoms with Gasteiger partial charge in [0.25, 0.3) is 5.89 Å². The van der Waals surface area contributed by atoms with Crippen LogP contribution in [0.25, 0.3) is 0 Å². The van der Waals surface area contributed by atoms with Crippen LogP contribution in [-0.2, 0) is 0 Å². The van der Waals surface area contributed by atoms with E-state index in [0.29, 0.717) is 24.5 Å². The fraction of sp³-hybridized carbons (Fsp3) is 0.304. The standard InChI is InChI=1S/C23H25N7O4/c1-33-17-4-2-3-16(13-17)29-11-12-30(23(29)32)20-15-26-22(34-20)21(31)27-18-14-25-6-5-19(18)28-9-7-24-8-10-28/h2-6,13-15,24H,7-12H2,1H3,(H,27,31). The molecule has 0 spiro atoms. The van der Waals surface area contributed by atoms with Crippen molar-refractivity contribution < 1.29 is 18.7 Å². The van der Waals surface area contributed by atoms with Crippen LogP contribution in [0, 0.1) is 0 Å². The topological polar surface area (TPSA) is 116 Å². The Morgan fingerprint density at radius 2 is 1.94 bits per heavy atom. The van der Waals surface area contributed by atoms with Crippen molar-refractivity contribution in [3.63, 3.8) is 0 Å². The van der Waals surface area contributed by atoms with Crippen LogP contribution in [0.15, 0.2) is 53.3 Å². The van der Waals surface area contributed by atoms with E-state index in [1.807, 2.05) is 24.3 Å². The first kappa shape index (κ1) is 21.7. The summed E-state index contributed by atoms with van der Waals surface area (Å²) >= 11 is 0. The molecular weight excluding hydrogens is 438 g/mol. The maximum Gasteiger partial charge on any atom is 0.331 e. The van der Waals surface area contributed by atoms with Crippen molar-refractivity contribution in [1.82, 2.24) is 15.3 Å². The molecule has 2 aliphatic heterocycles. The number of benzene rings is 1. The summed E-state index contributed by atoms with van der Waals surface area (Å²) in [6.07, 6.45) is 4.70. The monoisotopic (exact) mass is 463 g/mol. The first-order valence-corrected chi connectivity index (χ1v) is 11.0. The molecule has 34 heavy (non-hydrogen) atoms. The van der Waals surface area contributed by atoms with Crippen LogP contribution in [0.2, 0.25) is 0 Å². The molecule has 1 aromatic carbocycles. The molecule has 176 valence electrons. The maximum atomic E-state index is 13.0. The number of hydrogen-bond donors (Lipinski definition) is 2. The first-order valence-electron chi connectivity index (χ1n) is 11.0. The molecule has 3 aromatic rings. The minimum Gasteiger partial charge on any atom is -0.497 e. The highest BCUT2D eigenvalue weighted by molar-refractivity contribution is 6.06. The summed E-state index contributed by atoms with van der Waals surface area (Å²) in [7, 11) is 1.58. The summed E-state index contributed by atoms with van der Waals surface area (Å²) in [5.41, 5.74) is 2.19. The van der Waals surface area contributed by atoms with Crippen LogP contribution >= 0.6 is 0 Å². The zero-order valence-corrected chi connectivity index (χ0v) is 18.7. The number of nitrogens with zero attached hydrogens (tertiary/aromatic N) is 5. The number of methoxy groups -OCH3 is 1. The minimum absolute atomic E-state index is 0.127. The third kappa shape index (κ3) is 4.25. The lowest BCUT2D eigenvalue weighted by Gasteiger charge is -2.30. The normalized spacial score (nSPS) is 16.1. The Kier molecular flexibility index (Phi) is 6.00. The van der Waals surface area contributed by atoms with Gasteiger partial charge in [-0.15, -0.1) is 0 Å². The fourth-order valence-electron chi connectivity index (χ4n) is 4.10. The SMILES string of the molecule is COc1cccc(N2CCN(c3cnc(C(=O)Nc4cnccc4N4CCNCC4)o3)C2=O)c1. The molecule has 11 nitrogen and oxygen atoms in total. The number of rotatable bonds is 6. The maximum absolute atomic E-state index is 13.0. The number of oxazole rings is 1. The molecule has 0 atom stereocenters. The average Bonchev–Trinajstić information content (AvgIpc) is 3.52. The predicted octanol–water partition coefficient (Wildman–Crippen LogP) is 2.19. The Morgan fingerprint density at radius 1 is 1.12 bits per heavy atom. The molecule has 2 saturated heterocycles. The number of pyridine rings is 1. The van der Waals surface area contributed by atoms with Crippen LogP contribution in [0.4, 0.5) is 27.7 Å². The number of carbonyl (C=O) groups excluding carboxylic acids is 2. The second-order valence-electron chi connectivity index (χ2n) is 7.87. The Labute approximate surface area is 196 Å². The number of amides is 3. The average molecular weight is 463 g/mol. The zero-order chi connectivity index (χ0) is 23.5. The second-order valence-corrected chi connectivity index (χ2v) is 7.87. The van der Waals surface area contributed by atoms with Crippen molar-refractivity contribution in [3.8, 4) is 5.75 Å².